The van der Waals surface area contributed by atoms with E-state index in [9.17, 15) is 35.9 Å². The first-order valence-electron chi connectivity index (χ1n) is 9.05. The van der Waals surface area contributed by atoms with Gasteiger partial charge in [0.1, 0.15) is 6.10 Å². The molecule has 2 aromatic rings. The van der Waals surface area contributed by atoms with Crippen molar-refractivity contribution in [2.24, 2.45) is 0 Å². The van der Waals surface area contributed by atoms with E-state index in [0.29, 0.717) is 0 Å². The van der Waals surface area contributed by atoms with Gasteiger partial charge in [0.2, 0.25) is 5.69 Å². The first-order chi connectivity index (χ1) is 15.3. The molecule has 16 heteroatoms. The average molecular weight is 503 g/mol. The zero-order valence-corrected chi connectivity index (χ0v) is 16.9. The third kappa shape index (κ3) is 6.40. The third-order valence-electron chi connectivity index (χ3n) is 4.35. The van der Waals surface area contributed by atoms with Crippen molar-refractivity contribution in [2.75, 3.05) is 18.0 Å². The minimum absolute atomic E-state index is 0.106. The van der Waals surface area contributed by atoms with Crippen LogP contribution in [0, 0.1) is 0 Å². The number of hydrogen-bond donors (Lipinski definition) is 1. The van der Waals surface area contributed by atoms with Crippen LogP contribution in [0.5, 0.6) is 11.6 Å². The lowest BCUT2D eigenvalue weighted by molar-refractivity contribution is -0.274. The second-order valence-corrected chi connectivity index (χ2v) is 7.07. The monoisotopic (exact) mass is 502 g/mol. The molecule has 1 aliphatic rings. The molecule has 0 amide bonds. The standard InChI is InChI=1S/C17H13ClF6N4O5/c18-8-1-2-11(33-17(22,23)24)10(7-8)28-5-3-9(4-6-28)31-13-12(25-27-26-13)14(29)32-15(30)16(19,20)21/h1-2,7,9H,3-6H2,(H,25,26,27). The largest absolute Gasteiger partial charge is 0.573 e. The van der Waals surface area contributed by atoms with Crippen molar-refractivity contribution in [1.29, 1.82) is 0 Å². The summed E-state index contributed by atoms with van der Waals surface area (Å²) >= 11 is 5.90. The number of esters is 2. The lowest BCUT2D eigenvalue weighted by Crippen LogP contribution is -2.39. The maximum atomic E-state index is 12.7. The molecule has 1 aromatic heterocycles. The summed E-state index contributed by atoms with van der Waals surface area (Å²) in [6.07, 6.45) is -10.5. The van der Waals surface area contributed by atoms with Gasteiger partial charge in [-0.3, -0.25) is 0 Å². The molecule has 2 heterocycles. The van der Waals surface area contributed by atoms with Crippen LogP contribution >= 0.6 is 11.6 Å². The number of carbonyl (C=O) groups excluding carboxylic acids is 2. The van der Waals surface area contributed by atoms with E-state index < -0.39 is 47.9 Å². The number of hydrogen-bond acceptors (Lipinski definition) is 8. The summed E-state index contributed by atoms with van der Waals surface area (Å²) in [5, 5.41) is 8.89. The van der Waals surface area contributed by atoms with Crippen LogP contribution in [-0.2, 0) is 9.53 Å². The van der Waals surface area contributed by atoms with E-state index in [-0.39, 0.29) is 36.6 Å². The predicted octanol–water partition coefficient (Wildman–Crippen LogP) is 3.65. The molecular formula is C17H13ClF6N4O5. The molecule has 0 spiro atoms. The fraction of sp³-hybridized carbons (Fsp3) is 0.412. The van der Waals surface area contributed by atoms with E-state index >= 15 is 0 Å². The Morgan fingerprint density at radius 1 is 1.12 bits per heavy atom. The Bertz CT molecular complexity index is 1020. The number of piperidine rings is 1. The molecule has 180 valence electrons. The number of alkyl halides is 6. The van der Waals surface area contributed by atoms with Crippen molar-refractivity contribution in [3.05, 3.63) is 28.9 Å². The van der Waals surface area contributed by atoms with Crippen LogP contribution in [0.2, 0.25) is 5.02 Å². The van der Waals surface area contributed by atoms with Gasteiger partial charge in [0.15, 0.2) is 5.75 Å². The topological polar surface area (TPSA) is 107 Å². The minimum atomic E-state index is -5.38. The molecule has 1 aliphatic heterocycles. The van der Waals surface area contributed by atoms with Gasteiger partial charge in [-0.05, 0) is 18.2 Å². The lowest BCUT2D eigenvalue weighted by atomic mass is 10.1. The number of rotatable bonds is 5. The summed E-state index contributed by atoms with van der Waals surface area (Å²) in [4.78, 5) is 24.2. The number of ether oxygens (including phenoxy) is 3. The van der Waals surface area contributed by atoms with Crippen molar-refractivity contribution >= 4 is 29.2 Å². The molecule has 0 saturated carbocycles. The van der Waals surface area contributed by atoms with Crippen molar-refractivity contribution in [1.82, 2.24) is 15.4 Å². The molecule has 9 nitrogen and oxygen atoms in total. The van der Waals surface area contributed by atoms with E-state index in [1.54, 1.807) is 4.90 Å². The van der Waals surface area contributed by atoms with E-state index in [2.05, 4.69) is 19.8 Å². The second kappa shape index (κ2) is 9.33. The molecule has 1 saturated heterocycles. The number of aromatic nitrogens is 3. The van der Waals surface area contributed by atoms with Gasteiger partial charge in [0.05, 0.1) is 5.69 Å². The minimum Gasteiger partial charge on any atom is -0.471 e. The molecule has 1 N–H and O–H groups in total. The predicted molar refractivity (Wildman–Crippen MR) is 96.9 cm³/mol. The van der Waals surface area contributed by atoms with Crippen LogP contribution in [-0.4, -0.2) is 59.1 Å². The van der Waals surface area contributed by atoms with Gasteiger partial charge in [-0.25, -0.2) is 14.7 Å². The maximum Gasteiger partial charge on any atom is 0.573 e. The van der Waals surface area contributed by atoms with Crippen molar-refractivity contribution in [3.63, 3.8) is 0 Å². The third-order valence-corrected chi connectivity index (χ3v) is 4.58. The van der Waals surface area contributed by atoms with Crippen LogP contribution in [0.15, 0.2) is 18.2 Å². The van der Waals surface area contributed by atoms with Crippen LogP contribution in [0.4, 0.5) is 32.0 Å². The van der Waals surface area contributed by atoms with Gasteiger partial charge in [-0.1, -0.05) is 21.9 Å². The molecule has 0 aliphatic carbocycles. The van der Waals surface area contributed by atoms with Crippen molar-refractivity contribution in [2.45, 2.75) is 31.5 Å². The summed E-state index contributed by atoms with van der Waals surface area (Å²) in [6.45, 7) is 0.368. The van der Waals surface area contributed by atoms with E-state index in [1.165, 1.54) is 12.1 Å². The molecule has 3 rings (SSSR count). The van der Waals surface area contributed by atoms with E-state index in [0.717, 1.165) is 6.07 Å². The SMILES string of the molecule is O=C(OC(=O)C(F)(F)F)c1[nH]nnc1OC1CCN(c2cc(Cl)ccc2OC(F)(F)F)CC1. The Labute approximate surface area is 185 Å². The van der Waals surface area contributed by atoms with Gasteiger partial charge in [0, 0.05) is 31.0 Å². The first kappa shape index (κ1) is 24.4. The van der Waals surface area contributed by atoms with Crippen molar-refractivity contribution < 1.29 is 50.1 Å². The number of halogens is 7. The number of H-pyrrole nitrogens is 1. The summed E-state index contributed by atoms with van der Waals surface area (Å²) < 4.78 is 88.0. The van der Waals surface area contributed by atoms with Crippen LogP contribution in [0.3, 0.4) is 0 Å². The quantitative estimate of drug-likeness (QED) is 0.375. The molecule has 0 bridgehead atoms. The fourth-order valence-electron chi connectivity index (χ4n) is 2.95. The Kier molecular flexibility index (Phi) is 6.90. The Balaban J connectivity index is 1.64. The lowest BCUT2D eigenvalue weighted by Gasteiger charge is -2.34. The summed E-state index contributed by atoms with van der Waals surface area (Å²) in [7, 11) is 0. The molecular weight excluding hydrogens is 490 g/mol. The first-order valence-corrected chi connectivity index (χ1v) is 9.42. The number of benzene rings is 1. The van der Waals surface area contributed by atoms with Gasteiger partial charge in [-0.15, -0.1) is 13.2 Å². The number of nitrogens with zero attached hydrogens (tertiary/aromatic N) is 3. The highest BCUT2D eigenvalue weighted by atomic mass is 35.5. The summed E-state index contributed by atoms with van der Waals surface area (Å²) in [5.74, 6) is -5.35. The highest BCUT2D eigenvalue weighted by Crippen LogP contribution is 2.36. The summed E-state index contributed by atoms with van der Waals surface area (Å²) in [5.41, 5.74) is -0.597. The Hall–Kier alpha value is -3.23. The number of aromatic amines is 1. The van der Waals surface area contributed by atoms with Crippen LogP contribution in [0.25, 0.3) is 0 Å². The second-order valence-electron chi connectivity index (χ2n) is 6.63. The molecule has 0 radical (unpaired) electrons. The highest BCUT2D eigenvalue weighted by Gasteiger charge is 2.43. The van der Waals surface area contributed by atoms with Gasteiger partial charge >= 0.3 is 24.5 Å². The van der Waals surface area contributed by atoms with Gasteiger partial charge < -0.3 is 19.1 Å². The highest BCUT2D eigenvalue weighted by molar-refractivity contribution is 6.30. The van der Waals surface area contributed by atoms with Crippen molar-refractivity contribution in [3.8, 4) is 11.6 Å². The Morgan fingerprint density at radius 2 is 1.79 bits per heavy atom. The van der Waals surface area contributed by atoms with E-state index in [1.807, 2.05) is 5.10 Å². The number of nitrogens with one attached hydrogen (secondary N) is 1. The molecule has 0 unspecified atom stereocenters. The molecule has 0 atom stereocenters. The zero-order valence-electron chi connectivity index (χ0n) is 16.2. The number of anilines is 1. The fourth-order valence-corrected chi connectivity index (χ4v) is 3.11. The normalized spacial score (nSPS) is 15.3. The summed E-state index contributed by atoms with van der Waals surface area (Å²) in [6, 6.07) is 3.65. The average Bonchev–Trinajstić information content (AvgIpc) is 3.16. The van der Waals surface area contributed by atoms with E-state index in [4.69, 9.17) is 16.3 Å². The molecule has 1 aromatic carbocycles. The van der Waals surface area contributed by atoms with Crippen LogP contribution in [0.1, 0.15) is 23.3 Å². The Morgan fingerprint density at radius 3 is 2.39 bits per heavy atom. The number of carbonyl (C=O) groups is 2. The zero-order chi connectivity index (χ0) is 24.4. The van der Waals surface area contributed by atoms with Gasteiger partial charge in [-0.2, -0.15) is 13.2 Å². The molecule has 1 fully saturated rings. The molecule has 33 heavy (non-hydrogen) atoms. The maximum absolute atomic E-state index is 12.7. The van der Waals surface area contributed by atoms with Crippen LogP contribution < -0.4 is 14.4 Å². The smallest absolute Gasteiger partial charge is 0.471 e. The van der Waals surface area contributed by atoms with Gasteiger partial charge in [0.25, 0.3) is 5.88 Å².